The second-order valence-corrected chi connectivity index (χ2v) is 15.5. The predicted octanol–water partition coefficient (Wildman–Crippen LogP) is 7.29. The second-order valence-electron chi connectivity index (χ2n) is 15.5. The molecule has 5 aromatic rings. The first kappa shape index (κ1) is 36.1. The Morgan fingerprint density at radius 1 is 0.821 bits per heavy atom. The lowest BCUT2D eigenvalue weighted by Crippen LogP contribution is -2.52. The summed E-state index contributed by atoms with van der Waals surface area (Å²) in [7, 11) is 0. The third-order valence-electron chi connectivity index (χ3n) is 12.1. The van der Waals surface area contributed by atoms with Crippen LogP contribution in [-0.2, 0) is 37.2 Å². The predicted molar refractivity (Wildman–Crippen MR) is 215 cm³/mol. The molecule has 1 saturated heterocycles. The third-order valence-corrected chi connectivity index (χ3v) is 12.1. The summed E-state index contributed by atoms with van der Waals surface area (Å²) in [5.74, 6) is 1.09. The fourth-order valence-electron chi connectivity index (χ4n) is 8.95. The smallest absolute Gasteiger partial charge is 0.260 e. The highest BCUT2D eigenvalue weighted by Crippen LogP contribution is 2.42. The van der Waals surface area contributed by atoms with Crippen LogP contribution >= 0.6 is 0 Å². The Balaban J connectivity index is 1.14. The number of rotatable bonds is 8. The van der Waals surface area contributed by atoms with Crippen LogP contribution in [0.3, 0.4) is 0 Å². The first-order chi connectivity index (χ1) is 27.3. The van der Waals surface area contributed by atoms with E-state index in [1.54, 1.807) is 24.3 Å². The molecule has 1 fully saturated rings. The monoisotopic (exact) mass is 752 g/mol. The van der Waals surface area contributed by atoms with E-state index >= 15 is 9.59 Å². The normalized spacial score (nSPS) is 17.7. The number of ether oxygens (including phenoxy) is 3. The van der Waals surface area contributed by atoms with E-state index < -0.39 is 0 Å². The van der Waals surface area contributed by atoms with E-state index in [1.165, 1.54) is 5.56 Å². The zero-order valence-corrected chi connectivity index (χ0v) is 32.1. The SMILES string of the molecule is Cc1cccc(C)c1CN(C(=O)c1cc(-c2cc3c(cc2C(=O)N2Cc4ccccc4C[C@H]2CN2CCOCC2)OCO3)n2c1CCCC2)c1ccc(O)cc1. The molecule has 288 valence electrons. The molecule has 0 bridgehead atoms. The van der Waals surface area contributed by atoms with Crippen molar-refractivity contribution >= 4 is 17.5 Å². The molecule has 4 aromatic carbocycles. The molecular formula is C46H48N4O6. The van der Waals surface area contributed by atoms with Gasteiger partial charge in [-0.05, 0) is 110 Å². The average molecular weight is 753 g/mol. The lowest BCUT2D eigenvalue weighted by molar-refractivity contribution is 0.0193. The fraction of sp³-hybridized carbons (Fsp3) is 0.348. The molecule has 1 aromatic heterocycles. The molecular weight excluding hydrogens is 705 g/mol. The van der Waals surface area contributed by atoms with Gasteiger partial charge in [-0.3, -0.25) is 14.5 Å². The lowest BCUT2D eigenvalue weighted by atomic mass is 9.92. The van der Waals surface area contributed by atoms with Crippen LogP contribution in [0.2, 0.25) is 0 Å². The van der Waals surface area contributed by atoms with E-state index in [0.717, 1.165) is 91.1 Å². The largest absolute Gasteiger partial charge is 0.508 e. The minimum Gasteiger partial charge on any atom is -0.508 e. The summed E-state index contributed by atoms with van der Waals surface area (Å²) in [6.07, 6.45) is 3.44. The summed E-state index contributed by atoms with van der Waals surface area (Å²) >= 11 is 0. The number of aromatic hydroxyl groups is 1. The zero-order valence-electron chi connectivity index (χ0n) is 32.1. The van der Waals surface area contributed by atoms with Crippen molar-refractivity contribution in [2.75, 3.05) is 44.5 Å². The molecule has 56 heavy (non-hydrogen) atoms. The van der Waals surface area contributed by atoms with Gasteiger partial charge in [0.05, 0.1) is 30.9 Å². The number of aryl methyl sites for hydroxylation is 2. The number of benzene rings is 4. The molecule has 0 saturated carbocycles. The van der Waals surface area contributed by atoms with Crippen molar-refractivity contribution < 1.29 is 28.9 Å². The fourth-order valence-corrected chi connectivity index (χ4v) is 8.95. The summed E-state index contributed by atoms with van der Waals surface area (Å²) in [5.41, 5.74) is 10.1. The van der Waals surface area contributed by atoms with Crippen LogP contribution in [0, 0.1) is 13.8 Å². The van der Waals surface area contributed by atoms with Crippen molar-refractivity contribution in [1.29, 1.82) is 0 Å². The quantitative estimate of drug-likeness (QED) is 0.178. The number of hydrogen-bond donors (Lipinski definition) is 1. The maximum absolute atomic E-state index is 15.2. The van der Waals surface area contributed by atoms with Crippen molar-refractivity contribution in [3.8, 4) is 28.5 Å². The molecule has 10 heteroatoms. The van der Waals surface area contributed by atoms with Crippen LogP contribution in [0.15, 0.2) is 84.9 Å². The topological polar surface area (TPSA) is 96.7 Å². The Morgan fingerprint density at radius 2 is 1.55 bits per heavy atom. The van der Waals surface area contributed by atoms with Crippen molar-refractivity contribution in [3.05, 3.63) is 130 Å². The summed E-state index contributed by atoms with van der Waals surface area (Å²) in [4.78, 5) is 36.6. The van der Waals surface area contributed by atoms with Crippen LogP contribution in [0.25, 0.3) is 11.3 Å². The molecule has 1 atom stereocenters. The van der Waals surface area contributed by atoms with Crippen molar-refractivity contribution in [2.45, 2.75) is 65.2 Å². The van der Waals surface area contributed by atoms with Crippen LogP contribution in [0.1, 0.15) is 67.1 Å². The molecule has 0 radical (unpaired) electrons. The van der Waals surface area contributed by atoms with Gasteiger partial charge in [0.1, 0.15) is 5.75 Å². The van der Waals surface area contributed by atoms with E-state index in [2.05, 4.69) is 53.6 Å². The molecule has 2 amide bonds. The van der Waals surface area contributed by atoms with Gasteiger partial charge in [0.25, 0.3) is 11.8 Å². The standard InChI is InChI=1S/C46H48N4O6/c1-30-8-7-9-31(2)40(30)28-50(34-13-15-36(51)16-14-34)46(53)39-23-42(48-17-6-5-12-41(39)48)37-24-43-44(56-29-55-43)25-38(37)45(52)49-26-33-11-4-3-10-32(33)22-35(49)27-47-18-20-54-21-19-47/h3-4,7-11,13-16,23-25,35,51H,5-6,12,17-22,26-29H2,1-2H3/t35-/m0/s1. The minimum absolute atomic E-state index is 0.0316. The number of amides is 2. The first-order valence-corrected chi connectivity index (χ1v) is 19.8. The average Bonchev–Trinajstić information content (AvgIpc) is 3.85. The number of morpholine rings is 1. The Kier molecular flexibility index (Phi) is 9.77. The van der Waals surface area contributed by atoms with Crippen LogP contribution in [-0.4, -0.2) is 77.0 Å². The van der Waals surface area contributed by atoms with Crippen LogP contribution < -0.4 is 14.4 Å². The van der Waals surface area contributed by atoms with Crippen molar-refractivity contribution in [2.24, 2.45) is 0 Å². The molecule has 0 spiro atoms. The van der Waals surface area contributed by atoms with Gasteiger partial charge < -0.3 is 33.7 Å². The number of nitrogens with zero attached hydrogens (tertiary/aromatic N) is 4. The van der Waals surface area contributed by atoms with Gasteiger partial charge >= 0.3 is 0 Å². The number of anilines is 1. The number of hydrogen-bond acceptors (Lipinski definition) is 7. The van der Waals surface area contributed by atoms with Gasteiger partial charge in [-0.1, -0.05) is 42.5 Å². The van der Waals surface area contributed by atoms with Gasteiger partial charge in [-0.25, -0.2) is 0 Å². The van der Waals surface area contributed by atoms with Crippen molar-refractivity contribution in [1.82, 2.24) is 14.4 Å². The Labute approximate surface area is 327 Å². The van der Waals surface area contributed by atoms with Gasteiger partial charge in [-0.2, -0.15) is 0 Å². The summed E-state index contributed by atoms with van der Waals surface area (Å²) in [6.45, 7) is 9.67. The van der Waals surface area contributed by atoms with E-state index in [-0.39, 0.29) is 30.4 Å². The molecule has 1 N–H and O–H groups in total. The van der Waals surface area contributed by atoms with Crippen LogP contribution in [0.4, 0.5) is 5.69 Å². The molecule has 10 nitrogen and oxygen atoms in total. The zero-order chi connectivity index (χ0) is 38.3. The molecule has 9 rings (SSSR count). The van der Waals surface area contributed by atoms with E-state index in [1.807, 2.05) is 40.1 Å². The minimum atomic E-state index is -0.123. The third kappa shape index (κ3) is 6.81. The maximum Gasteiger partial charge on any atom is 0.260 e. The van der Waals surface area contributed by atoms with E-state index in [0.29, 0.717) is 54.6 Å². The van der Waals surface area contributed by atoms with E-state index in [4.69, 9.17) is 14.2 Å². The molecule has 0 unspecified atom stereocenters. The summed E-state index contributed by atoms with van der Waals surface area (Å²) in [5, 5.41) is 10.2. The highest BCUT2D eigenvalue weighted by Gasteiger charge is 2.36. The number of carbonyl (C=O) groups excluding carboxylic acids is 2. The number of phenols is 1. The molecule has 4 aliphatic rings. The number of carbonyl (C=O) groups is 2. The number of aromatic nitrogens is 1. The Morgan fingerprint density at radius 3 is 2.32 bits per heavy atom. The summed E-state index contributed by atoms with van der Waals surface area (Å²) < 4.78 is 19.7. The van der Waals surface area contributed by atoms with Gasteiger partial charge in [0.15, 0.2) is 11.5 Å². The molecule has 0 aliphatic carbocycles. The maximum atomic E-state index is 15.2. The van der Waals surface area contributed by atoms with Gasteiger partial charge in [-0.15, -0.1) is 0 Å². The first-order valence-electron chi connectivity index (χ1n) is 19.8. The molecule has 4 aliphatic heterocycles. The number of phenolic OH excluding ortho intramolecular Hbond substituents is 1. The molecule has 5 heterocycles. The second kappa shape index (κ2) is 15.2. The van der Waals surface area contributed by atoms with Crippen LogP contribution in [0.5, 0.6) is 17.2 Å². The summed E-state index contributed by atoms with van der Waals surface area (Å²) in [6, 6.07) is 27.2. The van der Waals surface area contributed by atoms with Gasteiger partial charge in [0.2, 0.25) is 6.79 Å². The number of fused-ring (bicyclic) bond motifs is 3. The Hall–Kier alpha value is -5.58. The highest BCUT2D eigenvalue weighted by molar-refractivity contribution is 6.09. The van der Waals surface area contributed by atoms with Gasteiger partial charge in [0, 0.05) is 61.4 Å². The van der Waals surface area contributed by atoms with E-state index in [9.17, 15) is 5.11 Å². The Bertz CT molecular complexity index is 2270. The highest BCUT2D eigenvalue weighted by atomic mass is 16.7. The van der Waals surface area contributed by atoms with Crippen molar-refractivity contribution in [3.63, 3.8) is 0 Å². The lowest BCUT2D eigenvalue weighted by Gasteiger charge is -2.40.